The van der Waals surface area contributed by atoms with E-state index >= 15 is 0 Å². The zero-order valence-electron chi connectivity index (χ0n) is 19.0. The number of rotatable bonds is 9. The highest BCUT2D eigenvalue weighted by Gasteiger charge is 2.50. The minimum Gasteiger partial charge on any atom is -0.455 e. The van der Waals surface area contributed by atoms with E-state index in [0.29, 0.717) is 29.2 Å². The molecule has 1 aliphatic heterocycles. The van der Waals surface area contributed by atoms with Gasteiger partial charge in [0.25, 0.3) is 0 Å². The SMILES string of the molecule is O=C(OC(COCCC12CC3CC(CC(C3)C1)C2)CN1CCOCC1)c1ccccc1Cl. The Kier molecular flexibility index (Phi) is 7.08. The first kappa shape index (κ1) is 22.6. The summed E-state index contributed by atoms with van der Waals surface area (Å²) in [5, 5.41) is 0.422. The first-order valence-electron chi connectivity index (χ1n) is 12.4. The van der Waals surface area contributed by atoms with Gasteiger partial charge in [0, 0.05) is 26.2 Å². The molecule has 0 amide bonds. The van der Waals surface area contributed by atoms with Gasteiger partial charge in [-0.3, -0.25) is 4.90 Å². The lowest BCUT2D eigenvalue weighted by molar-refractivity contribution is -0.0768. The van der Waals surface area contributed by atoms with E-state index in [-0.39, 0.29) is 12.1 Å². The van der Waals surface area contributed by atoms with E-state index in [9.17, 15) is 4.79 Å². The number of carbonyl (C=O) groups is 1. The number of benzene rings is 1. The molecule has 6 heteroatoms. The summed E-state index contributed by atoms with van der Waals surface area (Å²) in [6.07, 6.45) is 9.47. The summed E-state index contributed by atoms with van der Waals surface area (Å²) in [5.41, 5.74) is 0.928. The van der Waals surface area contributed by atoms with Crippen molar-refractivity contribution in [3.63, 3.8) is 0 Å². The van der Waals surface area contributed by atoms with E-state index in [1.54, 1.807) is 18.2 Å². The normalized spacial score (nSPS) is 32.7. The lowest BCUT2D eigenvalue weighted by atomic mass is 9.49. The molecule has 4 saturated carbocycles. The topological polar surface area (TPSA) is 48.0 Å². The summed E-state index contributed by atoms with van der Waals surface area (Å²) in [6.45, 7) is 5.00. The maximum absolute atomic E-state index is 12.8. The summed E-state index contributed by atoms with van der Waals surface area (Å²) < 4.78 is 17.5. The van der Waals surface area contributed by atoms with Crippen LogP contribution >= 0.6 is 11.6 Å². The predicted octanol–water partition coefficient (Wildman–Crippen LogP) is 4.82. The highest BCUT2D eigenvalue weighted by Crippen LogP contribution is 2.61. The van der Waals surface area contributed by atoms with Gasteiger partial charge in [0.05, 0.1) is 30.4 Å². The van der Waals surface area contributed by atoms with Crippen molar-refractivity contribution in [1.82, 2.24) is 4.90 Å². The predicted molar refractivity (Wildman–Crippen MR) is 124 cm³/mol. The van der Waals surface area contributed by atoms with Gasteiger partial charge in [-0.25, -0.2) is 4.79 Å². The van der Waals surface area contributed by atoms with Gasteiger partial charge in [-0.05, 0) is 80.2 Å². The van der Waals surface area contributed by atoms with Crippen molar-refractivity contribution < 1.29 is 19.0 Å². The Morgan fingerprint density at radius 2 is 1.75 bits per heavy atom. The average molecular weight is 462 g/mol. The Hall–Kier alpha value is -1.14. The number of ether oxygens (including phenoxy) is 3. The molecule has 6 rings (SSSR count). The molecule has 1 unspecified atom stereocenters. The molecule has 1 atom stereocenters. The van der Waals surface area contributed by atoms with E-state index < -0.39 is 0 Å². The molecule has 176 valence electrons. The Morgan fingerprint density at radius 1 is 1.09 bits per heavy atom. The number of nitrogens with zero attached hydrogens (tertiary/aromatic N) is 1. The van der Waals surface area contributed by atoms with Gasteiger partial charge in [-0.1, -0.05) is 23.7 Å². The smallest absolute Gasteiger partial charge is 0.340 e. The van der Waals surface area contributed by atoms with Crippen molar-refractivity contribution in [3.05, 3.63) is 34.9 Å². The van der Waals surface area contributed by atoms with Crippen molar-refractivity contribution in [2.45, 2.75) is 51.0 Å². The molecule has 32 heavy (non-hydrogen) atoms. The summed E-state index contributed by atoms with van der Waals surface area (Å²) in [6, 6.07) is 7.06. The number of halogens is 1. The first-order valence-corrected chi connectivity index (χ1v) is 12.8. The molecule has 5 aliphatic rings. The average Bonchev–Trinajstić information content (AvgIpc) is 2.76. The Balaban J connectivity index is 1.15. The van der Waals surface area contributed by atoms with Gasteiger partial charge in [-0.2, -0.15) is 0 Å². The number of esters is 1. The number of carbonyl (C=O) groups excluding carboxylic acids is 1. The summed E-state index contributed by atoms with van der Waals surface area (Å²) in [7, 11) is 0. The molecular formula is C26H36ClNO4. The molecule has 1 aromatic rings. The third kappa shape index (κ3) is 5.32. The fourth-order valence-corrected chi connectivity index (χ4v) is 7.35. The van der Waals surface area contributed by atoms with Crippen molar-refractivity contribution in [2.24, 2.45) is 23.2 Å². The van der Waals surface area contributed by atoms with E-state index in [2.05, 4.69) is 4.90 Å². The minimum atomic E-state index is -0.376. The monoisotopic (exact) mass is 461 g/mol. The van der Waals surface area contributed by atoms with Crippen LogP contribution in [-0.2, 0) is 14.2 Å². The van der Waals surface area contributed by atoms with Crippen LogP contribution in [0.4, 0.5) is 0 Å². The molecular weight excluding hydrogens is 426 g/mol. The van der Waals surface area contributed by atoms with E-state index in [0.717, 1.165) is 57.1 Å². The van der Waals surface area contributed by atoms with Crippen LogP contribution in [-0.4, -0.2) is 63.0 Å². The zero-order valence-corrected chi connectivity index (χ0v) is 19.7. The lowest BCUT2D eigenvalue weighted by Gasteiger charge is -2.57. The van der Waals surface area contributed by atoms with Crippen LogP contribution in [0.1, 0.15) is 55.3 Å². The molecule has 0 aromatic heterocycles. The molecule has 0 radical (unpaired) electrons. The highest BCUT2D eigenvalue weighted by atomic mass is 35.5. The minimum absolute atomic E-state index is 0.312. The van der Waals surface area contributed by atoms with Crippen LogP contribution in [0, 0.1) is 23.2 Å². The Morgan fingerprint density at radius 3 is 2.41 bits per heavy atom. The van der Waals surface area contributed by atoms with Gasteiger partial charge in [0.15, 0.2) is 0 Å². The van der Waals surface area contributed by atoms with Crippen LogP contribution in [0.15, 0.2) is 24.3 Å². The van der Waals surface area contributed by atoms with Gasteiger partial charge >= 0.3 is 5.97 Å². The standard InChI is InChI=1S/C26H36ClNO4/c27-24-4-2-1-3-23(24)25(29)32-22(17-28-6-9-30-10-7-28)18-31-8-5-26-14-19-11-20(15-26)13-21(12-19)16-26/h1-4,19-22H,5-18H2. The summed E-state index contributed by atoms with van der Waals surface area (Å²) in [4.78, 5) is 15.1. The van der Waals surface area contributed by atoms with Crippen molar-refractivity contribution >= 4 is 17.6 Å². The molecule has 0 spiro atoms. The largest absolute Gasteiger partial charge is 0.455 e. The van der Waals surface area contributed by atoms with Gasteiger partial charge in [0.2, 0.25) is 0 Å². The molecule has 5 nitrogen and oxygen atoms in total. The second-order valence-corrected chi connectivity index (χ2v) is 11.1. The zero-order chi connectivity index (χ0) is 22.0. The maximum Gasteiger partial charge on any atom is 0.340 e. The van der Waals surface area contributed by atoms with E-state index in [4.69, 9.17) is 25.8 Å². The van der Waals surface area contributed by atoms with Crippen molar-refractivity contribution in [3.8, 4) is 0 Å². The van der Waals surface area contributed by atoms with Crippen LogP contribution in [0.2, 0.25) is 5.02 Å². The van der Waals surface area contributed by atoms with Crippen LogP contribution in [0.25, 0.3) is 0 Å². The quantitative estimate of drug-likeness (QED) is 0.389. The van der Waals surface area contributed by atoms with Crippen molar-refractivity contribution in [2.75, 3.05) is 46.1 Å². The first-order chi connectivity index (χ1) is 15.6. The second-order valence-electron chi connectivity index (χ2n) is 10.7. The molecule has 1 saturated heterocycles. The van der Waals surface area contributed by atoms with Gasteiger partial charge in [0.1, 0.15) is 6.10 Å². The Bertz CT molecular complexity index is 759. The number of hydrogen-bond donors (Lipinski definition) is 0. The number of hydrogen-bond acceptors (Lipinski definition) is 5. The third-order valence-corrected chi connectivity index (χ3v) is 8.51. The summed E-state index contributed by atoms with van der Waals surface area (Å²) in [5.74, 6) is 2.52. The number of morpholine rings is 1. The molecule has 5 fully saturated rings. The van der Waals surface area contributed by atoms with Gasteiger partial charge < -0.3 is 14.2 Å². The van der Waals surface area contributed by atoms with Gasteiger partial charge in [-0.15, -0.1) is 0 Å². The van der Waals surface area contributed by atoms with E-state index in [1.165, 1.54) is 38.5 Å². The lowest BCUT2D eigenvalue weighted by Crippen LogP contribution is -2.46. The molecule has 1 aromatic carbocycles. The van der Waals surface area contributed by atoms with Crippen LogP contribution in [0.5, 0.6) is 0 Å². The second kappa shape index (κ2) is 10.0. The van der Waals surface area contributed by atoms with Crippen molar-refractivity contribution in [1.29, 1.82) is 0 Å². The molecule has 4 bridgehead atoms. The van der Waals surface area contributed by atoms with E-state index in [1.807, 2.05) is 6.07 Å². The van der Waals surface area contributed by atoms with Crippen LogP contribution < -0.4 is 0 Å². The fraction of sp³-hybridized carbons (Fsp3) is 0.731. The Labute approximate surface area is 196 Å². The molecule has 4 aliphatic carbocycles. The fourth-order valence-electron chi connectivity index (χ4n) is 7.14. The van der Waals surface area contributed by atoms with Crippen LogP contribution in [0.3, 0.4) is 0 Å². The molecule has 1 heterocycles. The highest BCUT2D eigenvalue weighted by molar-refractivity contribution is 6.33. The summed E-state index contributed by atoms with van der Waals surface area (Å²) >= 11 is 6.21. The maximum atomic E-state index is 12.8. The third-order valence-electron chi connectivity index (χ3n) is 8.18. The molecule has 0 N–H and O–H groups in total.